The Kier molecular flexibility index (Phi) is 5.13. The molecule has 7 heteroatoms. The van der Waals surface area contributed by atoms with Gasteiger partial charge >= 0.3 is 0 Å². The molecule has 0 radical (unpaired) electrons. The average molecular weight is 348 g/mol. The van der Waals surface area contributed by atoms with E-state index in [2.05, 4.69) is 22.3 Å². The number of anilines is 1. The van der Waals surface area contributed by atoms with Crippen molar-refractivity contribution in [1.29, 1.82) is 0 Å². The number of H-pyrrole nitrogens is 1. The highest BCUT2D eigenvalue weighted by Gasteiger charge is 2.18. The molecule has 1 aromatic heterocycles. The van der Waals surface area contributed by atoms with Crippen molar-refractivity contribution >= 4 is 5.95 Å². The van der Waals surface area contributed by atoms with Gasteiger partial charge in [-0.3, -0.25) is 15.2 Å². The average Bonchev–Trinajstić information content (AvgIpc) is 2.55. The molecule has 1 saturated heterocycles. The summed E-state index contributed by atoms with van der Waals surface area (Å²) in [6.07, 6.45) is 2.17. The van der Waals surface area contributed by atoms with Crippen molar-refractivity contribution in [2.45, 2.75) is 33.1 Å². The first-order valence-corrected chi connectivity index (χ1v) is 8.48. The maximum atomic E-state index is 13.9. The SMILES string of the molecule is Cc1c(Cc2c(F)cccc2F)nc(NN2CCCC(C)C2)[nH]c1=O. The van der Waals surface area contributed by atoms with Crippen LogP contribution in [0.1, 0.15) is 36.6 Å². The number of benzene rings is 1. The van der Waals surface area contributed by atoms with Gasteiger partial charge in [-0.05, 0) is 37.8 Å². The quantitative estimate of drug-likeness (QED) is 0.892. The summed E-state index contributed by atoms with van der Waals surface area (Å²) < 4.78 is 27.8. The van der Waals surface area contributed by atoms with Gasteiger partial charge in [0.05, 0.1) is 5.69 Å². The second-order valence-electron chi connectivity index (χ2n) is 6.67. The van der Waals surface area contributed by atoms with Crippen molar-refractivity contribution in [3.8, 4) is 0 Å². The highest BCUT2D eigenvalue weighted by molar-refractivity contribution is 5.33. The first-order chi connectivity index (χ1) is 11.9. The second-order valence-corrected chi connectivity index (χ2v) is 6.67. The van der Waals surface area contributed by atoms with Crippen LogP contribution in [-0.4, -0.2) is 28.1 Å². The van der Waals surface area contributed by atoms with Crippen LogP contribution in [0.4, 0.5) is 14.7 Å². The molecule has 2 heterocycles. The van der Waals surface area contributed by atoms with Crippen LogP contribution in [0, 0.1) is 24.5 Å². The first-order valence-electron chi connectivity index (χ1n) is 8.48. The highest BCUT2D eigenvalue weighted by Crippen LogP contribution is 2.19. The van der Waals surface area contributed by atoms with Gasteiger partial charge in [0, 0.05) is 30.6 Å². The van der Waals surface area contributed by atoms with Crippen LogP contribution in [0.2, 0.25) is 0 Å². The van der Waals surface area contributed by atoms with E-state index in [9.17, 15) is 13.6 Å². The lowest BCUT2D eigenvalue weighted by molar-refractivity contribution is 0.217. The van der Waals surface area contributed by atoms with E-state index in [4.69, 9.17) is 0 Å². The summed E-state index contributed by atoms with van der Waals surface area (Å²) >= 11 is 0. The Morgan fingerprint density at radius 3 is 2.76 bits per heavy atom. The van der Waals surface area contributed by atoms with Gasteiger partial charge in [0.1, 0.15) is 11.6 Å². The third-order valence-electron chi connectivity index (χ3n) is 4.58. The fraction of sp³-hybridized carbons (Fsp3) is 0.444. The summed E-state index contributed by atoms with van der Waals surface area (Å²) in [7, 11) is 0. The minimum atomic E-state index is -0.638. The van der Waals surface area contributed by atoms with E-state index in [0.29, 0.717) is 23.1 Å². The smallest absolute Gasteiger partial charge is 0.255 e. The number of hydrogen-bond acceptors (Lipinski definition) is 4. The number of rotatable bonds is 4. The van der Waals surface area contributed by atoms with E-state index in [-0.39, 0.29) is 17.5 Å². The maximum Gasteiger partial charge on any atom is 0.255 e. The Bertz CT molecular complexity index is 801. The molecule has 1 atom stereocenters. The molecule has 0 spiro atoms. The molecular formula is C18H22F2N4O. The molecule has 2 N–H and O–H groups in total. The maximum absolute atomic E-state index is 13.9. The van der Waals surface area contributed by atoms with Gasteiger partial charge in [-0.2, -0.15) is 0 Å². The second kappa shape index (κ2) is 7.31. The molecule has 1 aromatic carbocycles. The van der Waals surface area contributed by atoms with Crippen LogP contribution in [0.15, 0.2) is 23.0 Å². The van der Waals surface area contributed by atoms with Crippen LogP contribution in [0.3, 0.4) is 0 Å². The Balaban J connectivity index is 1.87. The van der Waals surface area contributed by atoms with Crippen LogP contribution < -0.4 is 11.0 Å². The van der Waals surface area contributed by atoms with E-state index < -0.39 is 11.6 Å². The summed E-state index contributed by atoms with van der Waals surface area (Å²) in [6, 6.07) is 3.72. The van der Waals surface area contributed by atoms with Gasteiger partial charge < -0.3 is 0 Å². The lowest BCUT2D eigenvalue weighted by Gasteiger charge is -2.31. The Hall–Kier alpha value is -2.28. The minimum absolute atomic E-state index is 0.0701. The normalized spacial score (nSPS) is 18.3. The Morgan fingerprint density at radius 1 is 1.36 bits per heavy atom. The van der Waals surface area contributed by atoms with Crippen molar-refractivity contribution in [1.82, 2.24) is 15.0 Å². The molecule has 0 amide bonds. The largest absolute Gasteiger partial charge is 0.291 e. The molecule has 0 saturated carbocycles. The molecule has 1 aliphatic rings. The lowest BCUT2D eigenvalue weighted by Crippen LogP contribution is -2.39. The van der Waals surface area contributed by atoms with Gasteiger partial charge in [0.2, 0.25) is 5.95 Å². The summed E-state index contributed by atoms with van der Waals surface area (Å²) in [6.45, 7) is 5.49. The molecule has 1 aliphatic heterocycles. The van der Waals surface area contributed by atoms with Crippen molar-refractivity contribution in [3.05, 3.63) is 57.0 Å². The molecule has 3 rings (SSSR count). The predicted molar refractivity (Wildman–Crippen MR) is 92.4 cm³/mol. The van der Waals surface area contributed by atoms with Gasteiger partial charge in [0.25, 0.3) is 5.56 Å². The molecular weight excluding hydrogens is 326 g/mol. The summed E-state index contributed by atoms with van der Waals surface area (Å²) in [5, 5.41) is 2.01. The molecule has 2 aromatic rings. The van der Waals surface area contributed by atoms with Crippen LogP contribution in [0.5, 0.6) is 0 Å². The topological polar surface area (TPSA) is 61.0 Å². The van der Waals surface area contributed by atoms with Gasteiger partial charge in [0.15, 0.2) is 0 Å². The number of hydrazine groups is 1. The van der Waals surface area contributed by atoms with E-state index in [1.165, 1.54) is 24.6 Å². The molecule has 0 aliphatic carbocycles. The standard InChI is InChI=1S/C18H22F2N4O/c1-11-5-4-8-24(10-11)23-18-21-16(12(2)17(25)22-18)9-13-14(19)6-3-7-15(13)20/h3,6-7,11H,4-5,8-10H2,1-2H3,(H2,21,22,23,25). The number of hydrogen-bond donors (Lipinski definition) is 2. The van der Waals surface area contributed by atoms with Gasteiger partial charge in [-0.1, -0.05) is 13.0 Å². The van der Waals surface area contributed by atoms with E-state index in [0.717, 1.165) is 19.5 Å². The van der Waals surface area contributed by atoms with Crippen molar-refractivity contribution in [2.24, 2.45) is 5.92 Å². The fourth-order valence-corrected chi connectivity index (χ4v) is 3.11. The number of nitrogens with one attached hydrogen (secondary N) is 2. The molecule has 1 unspecified atom stereocenters. The third-order valence-corrected chi connectivity index (χ3v) is 4.58. The number of aromatic nitrogens is 2. The van der Waals surface area contributed by atoms with Crippen LogP contribution in [-0.2, 0) is 6.42 Å². The zero-order valence-electron chi connectivity index (χ0n) is 14.4. The van der Waals surface area contributed by atoms with Crippen molar-refractivity contribution in [2.75, 3.05) is 18.5 Å². The zero-order valence-corrected chi connectivity index (χ0v) is 14.4. The predicted octanol–water partition coefficient (Wildman–Crippen LogP) is 3.01. The Labute approximate surface area is 145 Å². The monoisotopic (exact) mass is 348 g/mol. The number of aromatic amines is 1. The van der Waals surface area contributed by atoms with Crippen LogP contribution >= 0.6 is 0 Å². The fourth-order valence-electron chi connectivity index (χ4n) is 3.11. The van der Waals surface area contributed by atoms with Crippen molar-refractivity contribution < 1.29 is 8.78 Å². The molecule has 134 valence electrons. The van der Waals surface area contributed by atoms with E-state index in [1.54, 1.807) is 6.92 Å². The Morgan fingerprint density at radius 2 is 2.08 bits per heavy atom. The summed E-state index contributed by atoms with van der Waals surface area (Å²) in [4.78, 5) is 19.3. The van der Waals surface area contributed by atoms with Gasteiger partial charge in [-0.15, -0.1) is 0 Å². The number of nitrogens with zero attached hydrogens (tertiary/aromatic N) is 2. The summed E-state index contributed by atoms with van der Waals surface area (Å²) in [5.41, 5.74) is 3.44. The first kappa shape index (κ1) is 17.5. The summed E-state index contributed by atoms with van der Waals surface area (Å²) in [5.74, 6) is -0.413. The minimum Gasteiger partial charge on any atom is -0.291 e. The van der Waals surface area contributed by atoms with Gasteiger partial charge in [-0.25, -0.2) is 18.8 Å². The van der Waals surface area contributed by atoms with Crippen LogP contribution in [0.25, 0.3) is 0 Å². The number of piperidine rings is 1. The molecule has 0 bridgehead atoms. The number of halogens is 2. The zero-order chi connectivity index (χ0) is 18.0. The lowest BCUT2D eigenvalue weighted by atomic mass is 10.0. The van der Waals surface area contributed by atoms with E-state index >= 15 is 0 Å². The molecule has 1 fully saturated rings. The van der Waals surface area contributed by atoms with Crippen molar-refractivity contribution in [3.63, 3.8) is 0 Å². The molecule has 5 nitrogen and oxygen atoms in total. The third kappa shape index (κ3) is 4.04. The van der Waals surface area contributed by atoms with E-state index in [1.807, 2.05) is 5.01 Å². The molecule has 25 heavy (non-hydrogen) atoms. The highest BCUT2D eigenvalue weighted by atomic mass is 19.1.